The van der Waals surface area contributed by atoms with Crippen molar-refractivity contribution in [3.05, 3.63) is 0 Å². The summed E-state index contributed by atoms with van der Waals surface area (Å²) >= 11 is 0. The zero-order valence-electron chi connectivity index (χ0n) is 6.66. The van der Waals surface area contributed by atoms with Crippen molar-refractivity contribution in [1.29, 1.82) is 0 Å². The van der Waals surface area contributed by atoms with E-state index < -0.39 is 12.5 Å². The molecule has 3 heteroatoms. The molecule has 0 spiro atoms. The van der Waals surface area contributed by atoms with Gasteiger partial charge in [0.2, 0.25) is 0 Å². The van der Waals surface area contributed by atoms with E-state index in [0.29, 0.717) is 0 Å². The molecule has 0 aliphatic rings. The fourth-order valence-corrected chi connectivity index (χ4v) is 0.406. The molecule has 0 aliphatic carbocycles. The Hall–Kier alpha value is -0.180. The number of halogens is 2. The minimum Gasteiger partial charge on any atom is -0.372 e. The molecule has 0 N–H and O–H groups in total. The number of alkyl halides is 2. The lowest BCUT2D eigenvalue weighted by Crippen LogP contribution is -2.22. The normalized spacial score (nSPS) is 15.3. The van der Waals surface area contributed by atoms with Gasteiger partial charge in [0.15, 0.2) is 0 Å². The maximum Gasteiger partial charge on any atom is 0.268 e. The lowest BCUT2D eigenvalue weighted by atomic mass is 10.3. The van der Waals surface area contributed by atoms with Crippen LogP contribution in [0.5, 0.6) is 0 Å². The van der Waals surface area contributed by atoms with Crippen LogP contribution in [-0.2, 0) is 4.74 Å². The highest BCUT2D eigenvalue weighted by molar-refractivity contribution is 4.56. The summed E-state index contributed by atoms with van der Waals surface area (Å²) in [5.41, 5.74) is 0. The summed E-state index contributed by atoms with van der Waals surface area (Å²) in [6.45, 7) is 4.07. The van der Waals surface area contributed by atoms with Crippen molar-refractivity contribution < 1.29 is 13.5 Å². The Labute approximate surface area is 60.4 Å². The third-order valence-corrected chi connectivity index (χ3v) is 1.20. The van der Waals surface area contributed by atoms with Crippen LogP contribution in [0.3, 0.4) is 0 Å². The second-order valence-corrected chi connectivity index (χ2v) is 2.60. The molecule has 0 saturated carbocycles. The van der Waals surface area contributed by atoms with Crippen molar-refractivity contribution in [1.82, 2.24) is 0 Å². The molecule has 1 nitrogen and oxygen atoms in total. The van der Waals surface area contributed by atoms with Crippen LogP contribution >= 0.6 is 0 Å². The average molecular weight is 152 g/mol. The first kappa shape index (κ1) is 9.82. The molecule has 1 atom stereocenters. The molecule has 0 fully saturated rings. The molecule has 0 heterocycles. The van der Waals surface area contributed by atoms with Gasteiger partial charge in [-0.05, 0) is 13.3 Å². The van der Waals surface area contributed by atoms with E-state index in [1.165, 1.54) is 0 Å². The second kappa shape index (κ2) is 3.86. The summed E-state index contributed by atoms with van der Waals surface area (Å²) in [6, 6.07) is 0. The van der Waals surface area contributed by atoms with Gasteiger partial charge in [-0.2, -0.15) is 0 Å². The molecule has 0 aliphatic heterocycles. The quantitative estimate of drug-likeness (QED) is 0.601. The minimum absolute atomic E-state index is 0.0641. The van der Waals surface area contributed by atoms with E-state index in [1.807, 2.05) is 6.92 Å². The Bertz CT molecular complexity index is 88.1. The highest BCUT2D eigenvalue weighted by Crippen LogP contribution is 2.12. The molecule has 62 valence electrons. The van der Waals surface area contributed by atoms with Crippen molar-refractivity contribution >= 4 is 0 Å². The van der Waals surface area contributed by atoms with Crippen LogP contribution in [0.25, 0.3) is 0 Å². The van der Waals surface area contributed by atoms with E-state index in [2.05, 4.69) is 0 Å². The Morgan fingerprint density at radius 2 is 2.00 bits per heavy atom. The zero-order chi connectivity index (χ0) is 8.20. The second-order valence-electron chi connectivity index (χ2n) is 2.60. The first-order valence-corrected chi connectivity index (χ1v) is 3.45. The highest BCUT2D eigenvalue weighted by Gasteiger charge is 2.21. The molecule has 0 saturated heterocycles. The summed E-state index contributed by atoms with van der Waals surface area (Å²) in [6.07, 6.45) is 0.710. The van der Waals surface area contributed by atoms with Crippen LogP contribution in [0.2, 0.25) is 0 Å². The van der Waals surface area contributed by atoms with Crippen LogP contribution in [0.15, 0.2) is 0 Å². The van der Waals surface area contributed by atoms with E-state index >= 15 is 0 Å². The largest absolute Gasteiger partial charge is 0.372 e. The van der Waals surface area contributed by atoms with Crippen LogP contribution in [0, 0.1) is 0 Å². The van der Waals surface area contributed by atoms with E-state index in [4.69, 9.17) is 4.74 Å². The molecule has 0 aromatic carbocycles. The highest BCUT2D eigenvalue weighted by atomic mass is 19.3. The molecule has 1 unspecified atom stereocenters. The van der Waals surface area contributed by atoms with E-state index in [-0.39, 0.29) is 6.10 Å². The van der Waals surface area contributed by atoms with Gasteiger partial charge in [0.05, 0.1) is 6.10 Å². The molecule has 0 amide bonds. The molecule has 0 bridgehead atoms. The van der Waals surface area contributed by atoms with Gasteiger partial charge >= 0.3 is 0 Å². The Balaban J connectivity index is 3.36. The van der Waals surface area contributed by atoms with Gasteiger partial charge in [-0.25, -0.2) is 8.78 Å². The van der Waals surface area contributed by atoms with Crippen LogP contribution in [0.4, 0.5) is 8.78 Å². The SMILES string of the molecule is CCC(C)OCC(C)(F)F. The van der Waals surface area contributed by atoms with Crippen molar-refractivity contribution in [3.63, 3.8) is 0 Å². The van der Waals surface area contributed by atoms with Crippen molar-refractivity contribution in [3.8, 4) is 0 Å². The van der Waals surface area contributed by atoms with Gasteiger partial charge in [0.25, 0.3) is 5.92 Å². The molecule has 0 aromatic heterocycles. The summed E-state index contributed by atoms with van der Waals surface area (Å²) in [7, 11) is 0. The van der Waals surface area contributed by atoms with Crippen LogP contribution < -0.4 is 0 Å². The van der Waals surface area contributed by atoms with E-state index in [0.717, 1.165) is 13.3 Å². The maximum atomic E-state index is 12.1. The van der Waals surface area contributed by atoms with Gasteiger partial charge in [-0.3, -0.25) is 0 Å². The number of rotatable bonds is 4. The maximum absolute atomic E-state index is 12.1. The molecule has 0 rings (SSSR count). The smallest absolute Gasteiger partial charge is 0.268 e. The van der Waals surface area contributed by atoms with Crippen LogP contribution in [0.1, 0.15) is 27.2 Å². The number of hydrogen-bond donors (Lipinski definition) is 0. The van der Waals surface area contributed by atoms with Gasteiger partial charge in [-0.1, -0.05) is 6.92 Å². The summed E-state index contributed by atoms with van der Waals surface area (Å²) in [5.74, 6) is -2.69. The fourth-order valence-electron chi connectivity index (χ4n) is 0.406. The van der Waals surface area contributed by atoms with E-state index in [9.17, 15) is 8.78 Å². The average Bonchev–Trinajstić information content (AvgIpc) is 1.81. The molecule has 0 aromatic rings. The number of ether oxygens (including phenoxy) is 1. The van der Waals surface area contributed by atoms with Gasteiger partial charge < -0.3 is 4.74 Å². The van der Waals surface area contributed by atoms with Crippen molar-refractivity contribution in [2.24, 2.45) is 0 Å². The third kappa shape index (κ3) is 5.95. The predicted molar refractivity (Wildman–Crippen MR) is 36.3 cm³/mol. The Morgan fingerprint density at radius 3 is 2.30 bits per heavy atom. The van der Waals surface area contributed by atoms with Crippen LogP contribution in [-0.4, -0.2) is 18.6 Å². The van der Waals surface area contributed by atoms with Gasteiger partial charge in [0, 0.05) is 6.92 Å². The predicted octanol–water partition coefficient (Wildman–Crippen LogP) is 2.46. The standard InChI is InChI=1S/C7H14F2O/c1-4-6(2)10-5-7(3,8)9/h6H,4-5H2,1-3H3. The van der Waals surface area contributed by atoms with E-state index in [1.54, 1.807) is 6.92 Å². The Morgan fingerprint density at radius 1 is 1.50 bits per heavy atom. The monoisotopic (exact) mass is 152 g/mol. The lowest BCUT2D eigenvalue weighted by Gasteiger charge is -2.14. The first-order valence-electron chi connectivity index (χ1n) is 3.45. The van der Waals surface area contributed by atoms with Crippen molar-refractivity contribution in [2.75, 3.05) is 6.61 Å². The van der Waals surface area contributed by atoms with Gasteiger partial charge in [-0.15, -0.1) is 0 Å². The Kier molecular flexibility index (Phi) is 3.79. The topological polar surface area (TPSA) is 9.23 Å². The molecular formula is C7H14F2O. The third-order valence-electron chi connectivity index (χ3n) is 1.20. The number of hydrogen-bond acceptors (Lipinski definition) is 1. The molecule has 10 heavy (non-hydrogen) atoms. The van der Waals surface area contributed by atoms with Gasteiger partial charge in [0.1, 0.15) is 6.61 Å². The first-order chi connectivity index (χ1) is 4.45. The summed E-state index contributed by atoms with van der Waals surface area (Å²) < 4.78 is 29.0. The fraction of sp³-hybridized carbons (Fsp3) is 1.00. The zero-order valence-corrected chi connectivity index (χ0v) is 6.66. The summed E-state index contributed by atoms with van der Waals surface area (Å²) in [4.78, 5) is 0. The van der Waals surface area contributed by atoms with Crippen molar-refractivity contribution in [2.45, 2.75) is 39.2 Å². The minimum atomic E-state index is -2.69. The lowest BCUT2D eigenvalue weighted by molar-refractivity contribution is -0.0835. The molecule has 0 radical (unpaired) electrons. The molecular weight excluding hydrogens is 138 g/mol. The summed E-state index contributed by atoms with van der Waals surface area (Å²) in [5, 5.41) is 0.